The molecule has 0 aliphatic heterocycles. The van der Waals surface area contributed by atoms with E-state index in [2.05, 4.69) is 32.2 Å². The fourth-order valence-corrected chi connectivity index (χ4v) is 10.8. The summed E-state index contributed by atoms with van der Waals surface area (Å²) in [4.78, 5) is 37.4. The normalized spacial score (nSPS) is 28.0. The van der Waals surface area contributed by atoms with Crippen molar-refractivity contribution in [2.75, 3.05) is 6.61 Å². The Morgan fingerprint density at radius 1 is 1.21 bits per heavy atom. The van der Waals surface area contributed by atoms with Gasteiger partial charge in [-0.15, -0.1) is 0 Å². The molecule has 141 valence electrons. The van der Waals surface area contributed by atoms with E-state index in [-0.39, 0.29) is 41.9 Å². The monoisotopic (exact) mass is 456 g/mol. The predicted molar refractivity (Wildman–Crippen MR) is 93.4 cm³/mol. The smallest absolute Gasteiger partial charge is 0.338 e. The molecule has 0 aromatic heterocycles. The predicted octanol–water partition coefficient (Wildman–Crippen LogP) is 3.41. The molecule has 0 amide bonds. The Labute approximate surface area is 159 Å². The molecule has 0 heterocycles. The molecule has 12 heteroatoms. The van der Waals surface area contributed by atoms with Crippen LogP contribution in [0.5, 0.6) is 0 Å². The van der Waals surface area contributed by atoms with Crippen molar-refractivity contribution < 1.29 is 51.8 Å². The molecule has 1 saturated carbocycles. The average Bonchev–Trinajstić information content (AvgIpc) is 2.45. The summed E-state index contributed by atoms with van der Waals surface area (Å²) in [6.07, 6.45) is -4.59. The summed E-state index contributed by atoms with van der Waals surface area (Å²) in [5.41, 5.74) is 0.215. The van der Waals surface area contributed by atoms with Crippen LogP contribution >= 0.6 is 20.2 Å². The van der Waals surface area contributed by atoms with Crippen LogP contribution in [0.3, 0.4) is 0 Å². The van der Waals surface area contributed by atoms with Crippen LogP contribution < -0.4 is 0 Å². The van der Waals surface area contributed by atoms with Crippen molar-refractivity contribution in [2.45, 2.75) is 34.6 Å². The molecule has 2 unspecified atom stereocenters. The van der Waals surface area contributed by atoms with Crippen molar-refractivity contribution in [1.29, 1.82) is 0 Å². The summed E-state index contributed by atoms with van der Waals surface area (Å²) in [6, 6.07) is 0. The summed E-state index contributed by atoms with van der Waals surface area (Å²) >= 11 is 4.56. The molecule has 1 radical (unpaired) electrons. The molecule has 0 bridgehead atoms. The second-order valence-corrected chi connectivity index (χ2v) is 19.8. The third kappa shape index (κ3) is 3.86. The van der Waals surface area contributed by atoms with Crippen molar-refractivity contribution in [1.82, 2.24) is 0 Å². The maximum atomic E-state index is 11.8. The average molecular weight is 456 g/mol. The Morgan fingerprint density at radius 2 is 1.62 bits per heavy atom. The van der Waals surface area contributed by atoms with Crippen molar-refractivity contribution >= 4 is 32.0 Å². The molecule has 3 atom stereocenters. The second-order valence-electron chi connectivity index (χ2n) is 6.86. The maximum Gasteiger partial charge on any atom is 0.416 e. The molecule has 1 aliphatic carbocycles. The van der Waals surface area contributed by atoms with Crippen molar-refractivity contribution in [3.8, 4) is 0 Å². The molecule has 4 N–H and O–H groups in total. The quantitative estimate of drug-likeness (QED) is 0.367. The van der Waals surface area contributed by atoms with E-state index in [0.29, 0.717) is 5.92 Å². The number of hydrogen-bond donors (Lipinski definition) is 4. The standard InChI is InChI=1S/C12H24O7P3S.V/c1-8-9(2)11(3,4)12(5,6)10(8)7-19-22(18,23)21(16,17)20(13,14)15;/h9H,1,7H2,2-6H3,(H,16,17)(H,18,23)(H2,13,14,15);/q-1;/t9-,22?;/m1./s1. The number of hydrogen-bond acceptors (Lipinski definition) is 4. The van der Waals surface area contributed by atoms with Crippen LogP contribution in [0.1, 0.15) is 34.6 Å². The molecular formula is C12H24O7P3SV-. The van der Waals surface area contributed by atoms with Gasteiger partial charge < -0.3 is 24.1 Å². The van der Waals surface area contributed by atoms with Gasteiger partial charge in [-0.1, -0.05) is 40.0 Å². The SMILES string of the molecule is C=C1[C-](COP(O)(=S)P(=O)(O)P(=O)(O)O)C(C)(C)C(C)(C)[C@@H]1C.[V]. The minimum atomic E-state index is -5.49. The van der Waals surface area contributed by atoms with E-state index in [9.17, 15) is 18.9 Å². The second kappa shape index (κ2) is 7.26. The Balaban J connectivity index is 0.00000529. The Hall–Kier alpha value is 1.10. The van der Waals surface area contributed by atoms with Crippen LogP contribution in [0.15, 0.2) is 12.2 Å². The minimum absolute atomic E-state index is 0. The fourth-order valence-electron chi connectivity index (χ4n) is 2.67. The van der Waals surface area contributed by atoms with Crippen LogP contribution in [0.2, 0.25) is 0 Å². The Kier molecular flexibility index (Phi) is 7.59. The van der Waals surface area contributed by atoms with Gasteiger partial charge in [0.2, 0.25) is 0 Å². The zero-order valence-electron chi connectivity index (χ0n) is 14.2. The first-order valence-electron chi connectivity index (χ1n) is 6.83. The zero-order chi connectivity index (χ0) is 18.6. The van der Waals surface area contributed by atoms with Gasteiger partial charge in [-0.05, 0) is 23.1 Å². The van der Waals surface area contributed by atoms with E-state index in [1.165, 1.54) is 0 Å². The first-order chi connectivity index (χ1) is 9.91. The molecule has 1 rings (SSSR count). The molecule has 0 aromatic carbocycles. The molecule has 1 fully saturated rings. The molecule has 7 nitrogen and oxygen atoms in total. The van der Waals surface area contributed by atoms with Gasteiger partial charge in [0.25, 0.3) is 6.18 Å². The van der Waals surface area contributed by atoms with E-state index < -0.39 is 20.2 Å². The first kappa shape index (κ1) is 25.1. The number of rotatable bonds is 5. The van der Waals surface area contributed by atoms with Gasteiger partial charge in [-0.25, -0.2) is 16.7 Å². The van der Waals surface area contributed by atoms with E-state index in [4.69, 9.17) is 14.3 Å². The van der Waals surface area contributed by atoms with E-state index in [1.54, 1.807) is 0 Å². The molecule has 0 aromatic rings. The van der Waals surface area contributed by atoms with E-state index >= 15 is 0 Å². The largest absolute Gasteiger partial charge is 0.416 e. The summed E-state index contributed by atoms with van der Waals surface area (Å²) < 4.78 is 28.0. The summed E-state index contributed by atoms with van der Waals surface area (Å²) in [5.74, 6) is 0.819. The fraction of sp³-hybridized carbons (Fsp3) is 0.750. The summed E-state index contributed by atoms with van der Waals surface area (Å²) in [6.45, 7) is 8.39. The van der Waals surface area contributed by atoms with E-state index in [1.807, 2.05) is 20.8 Å². The Morgan fingerprint density at radius 3 is 1.92 bits per heavy atom. The third-order valence-corrected chi connectivity index (χ3v) is 19.2. The van der Waals surface area contributed by atoms with Gasteiger partial charge in [0, 0.05) is 25.2 Å². The summed E-state index contributed by atoms with van der Waals surface area (Å²) in [7, 11) is -5.49. The summed E-state index contributed by atoms with van der Waals surface area (Å²) in [5, 5.41) is 0. The molecule has 24 heavy (non-hydrogen) atoms. The molecule has 0 spiro atoms. The van der Waals surface area contributed by atoms with Gasteiger partial charge >= 0.3 is 14.0 Å². The minimum Gasteiger partial charge on any atom is -0.338 e. The van der Waals surface area contributed by atoms with Gasteiger partial charge in [0.05, 0.1) is 0 Å². The van der Waals surface area contributed by atoms with Crippen molar-refractivity contribution in [2.24, 2.45) is 16.7 Å². The van der Waals surface area contributed by atoms with Crippen molar-refractivity contribution in [3.63, 3.8) is 0 Å². The molecule has 1 aliphatic rings. The molecule has 0 saturated heterocycles. The zero-order valence-corrected chi connectivity index (χ0v) is 19.1. The van der Waals surface area contributed by atoms with Crippen LogP contribution in [0.25, 0.3) is 0 Å². The van der Waals surface area contributed by atoms with Gasteiger partial charge in [0.1, 0.15) is 0 Å². The topological polar surface area (TPSA) is 124 Å². The first-order valence-corrected chi connectivity index (χ1v) is 14.2. The van der Waals surface area contributed by atoms with Gasteiger partial charge in [-0.2, -0.15) is 5.92 Å². The molecular weight excluding hydrogens is 432 g/mol. The van der Waals surface area contributed by atoms with E-state index in [0.717, 1.165) is 5.57 Å². The van der Waals surface area contributed by atoms with Gasteiger partial charge in [0.15, 0.2) is 0 Å². The van der Waals surface area contributed by atoms with Crippen LogP contribution in [0.4, 0.5) is 0 Å². The van der Waals surface area contributed by atoms with Crippen molar-refractivity contribution in [3.05, 3.63) is 18.1 Å². The van der Waals surface area contributed by atoms with Crippen LogP contribution in [-0.2, 0) is 44.0 Å². The Bertz CT molecular complexity index is 657. The third-order valence-electron chi connectivity index (χ3n) is 5.40. The van der Waals surface area contributed by atoms with Crippen LogP contribution in [-0.4, -0.2) is 26.2 Å². The van der Waals surface area contributed by atoms with Gasteiger partial charge in [-0.3, -0.25) is 4.57 Å². The maximum absolute atomic E-state index is 11.8. The van der Waals surface area contributed by atoms with Crippen LogP contribution in [0, 0.1) is 22.7 Å².